The van der Waals surface area contributed by atoms with Gasteiger partial charge in [0.15, 0.2) is 6.23 Å². The summed E-state index contributed by atoms with van der Waals surface area (Å²) >= 11 is 0. The molecule has 0 fully saturated rings. The lowest BCUT2D eigenvalue weighted by Gasteiger charge is -2.20. The molecule has 1 unspecified atom stereocenters. The highest BCUT2D eigenvalue weighted by Gasteiger charge is 2.35. The molecule has 6 nitrogen and oxygen atoms in total. The van der Waals surface area contributed by atoms with Gasteiger partial charge < -0.3 is 10.0 Å². The number of anilines is 1. The van der Waals surface area contributed by atoms with Gasteiger partial charge in [0.05, 0.1) is 18.4 Å². The molecule has 0 aliphatic carbocycles. The fraction of sp³-hybridized carbons (Fsp3) is 0.438. The normalized spacial score (nSPS) is 17.1. The van der Waals surface area contributed by atoms with Crippen molar-refractivity contribution in [2.75, 3.05) is 4.90 Å². The first-order valence-corrected chi connectivity index (χ1v) is 7.67. The minimum Gasteiger partial charge on any atom is -0.367 e. The Morgan fingerprint density at radius 3 is 2.91 bits per heavy atom. The Balaban J connectivity index is 1.72. The smallest absolute Gasteiger partial charge is 0.214 e. The van der Waals surface area contributed by atoms with Crippen molar-refractivity contribution in [2.24, 2.45) is 0 Å². The summed E-state index contributed by atoms with van der Waals surface area (Å²) in [6.45, 7) is 3.38. The van der Waals surface area contributed by atoms with Gasteiger partial charge in [-0.3, -0.25) is 9.48 Å². The lowest BCUT2D eigenvalue weighted by molar-refractivity contribution is 0.0767. The number of aliphatic hydroxyl groups is 1. The summed E-state index contributed by atoms with van der Waals surface area (Å²) in [5.41, 5.74) is 2.06. The number of ketones is 1. The van der Waals surface area contributed by atoms with E-state index in [1.54, 1.807) is 17.0 Å². The molecule has 1 aromatic carbocycles. The van der Waals surface area contributed by atoms with Crippen LogP contribution in [0.3, 0.4) is 0 Å². The van der Waals surface area contributed by atoms with Gasteiger partial charge in [0, 0.05) is 12.1 Å². The van der Waals surface area contributed by atoms with E-state index in [4.69, 9.17) is 0 Å². The molecule has 0 radical (unpaired) electrons. The van der Waals surface area contributed by atoms with Crippen LogP contribution in [0.25, 0.3) is 0 Å². The molecule has 2 heterocycles. The second-order valence-electron chi connectivity index (χ2n) is 5.56. The van der Waals surface area contributed by atoms with Gasteiger partial charge in [0.2, 0.25) is 5.78 Å². The van der Waals surface area contributed by atoms with Crippen molar-refractivity contribution in [1.82, 2.24) is 15.0 Å². The van der Waals surface area contributed by atoms with Gasteiger partial charge in [-0.1, -0.05) is 37.1 Å². The van der Waals surface area contributed by atoms with Crippen LogP contribution in [-0.2, 0) is 13.1 Å². The molecule has 1 N–H and O–H groups in total. The van der Waals surface area contributed by atoms with Crippen LogP contribution in [0.4, 0.5) is 5.69 Å². The Kier molecular flexibility index (Phi) is 4.20. The first kappa shape index (κ1) is 14.7. The van der Waals surface area contributed by atoms with Crippen LogP contribution < -0.4 is 4.90 Å². The lowest BCUT2D eigenvalue weighted by atomic mass is 10.1. The molecule has 0 spiro atoms. The third-order valence-corrected chi connectivity index (χ3v) is 3.92. The van der Waals surface area contributed by atoms with Crippen molar-refractivity contribution >= 4 is 11.5 Å². The van der Waals surface area contributed by atoms with E-state index in [-0.39, 0.29) is 5.78 Å². The summed E-state index contributed by atoms with van der Waals surface area (Å²) in [7, 11) is 0. The van der Waals surface area contributed by atoms with Crippen molar-refractivity contribution in [3.63, 3.8) is 0 Å². The van der Waals surface area contributed by atoms with Crippen LogP contribution in [0.1, 0.15) is 42.2 Å². The number of para-hydroxylation sites is 1. The Morgan fingerprint density at radius 2 is 2.09 bits per heavy atom. The van der Waals surface area contributed by atoms with Crippen molar-refractivity contribution in [3.8, 4) is 0 Å². The molecule has 0 saturated heterocycles. The molecule has 2 aromatic rings. The highest BCUT2D eigenvalue weighted by atomic mass is 16.3. The number of hydrogen-bond donors (Lipinski definition) is 1. The van der Waals surface area contributed by atoms with Gasteiger partial charge in [-0.05, 0) is 18.6 Å². The summed E-state index contributed by atoms with van der Waals surface area (Å²) in [6.07, 6.45) is 4.16. The zero-order valence-electron chi connectivity index (χ0n) is 12.6. The third-order valence-electron chi connectivity index (χ3n) is 3.92. The van der Waals surface area contributed by atoms with Gasteiger partial charge in [-0.15, -0.1) is 5.10 Å². The number of aryl methyl sites for hydroxylation is 1. The number of aromatic nitrogens is 3. The summed E-state index contributed by atoms with van der Waals surface area (Å²) in [4.78, 5) is 13.7. The number of carbonyl (C=O) groups is 1. The summed E-state index contributed by atoms with van der Waals surface area (Å²) in [5.74, 6) is -0.258. The molecule has 1 aromatic heterocycles. The molecule has 0 saturated carbocycles. The number of fused-ring (bicyclic) bond motifs is 1. The van der Waals surface area contributed by atoms with Crippen LogP contribution in [0.2, 0.25) is 0 Å². The standard InChI is InChI=1S/C16H20N4O2/c1-2-3-6-9-19-10-12(17-18-19)11-20-14-8-5-4-7-13(14)15(21)16(20)22/h4-5,7-8,10,16,22H,2-3,6,9,11H2,1H3. The average molecular weight is 300 g/mol. The predicted molar refractivity (Wildman–Crippen MR) is 82.5 cm³/mol. The van der Waals surface area contributed by atoms with Gasteiger partial charge >= 0.3 is 0 Å². The lowest BCUT2D eigenvalue weighted by Crippen LogP contribution is -2.34. The van der Waals surface area contributed by atoms with Crippen molar-refractivity contribution in [1.29, 1.82) is 0 Å². The fourth-order valence-electron chi connectivity index (χ4n) is 2.74. The van der Waals surface area contributed by atoms with Gasteiger partial charge in [-0.25, -0.2) is 0 Å². The Hall–Kier alpha value is -2.21. The molecule has 3 rings (SSSR count). The Morgan fingerprint density at radius 1 is 1.27 bits per heavy atom. The van der Waals surface area contributed by atoms with Crippen LogP contribution in [0.15, 0.2) is 30.5 Å². The minimum atomic E-state index is -1.14. The van der Waals surface area contributed by atoms with Crippen molar-refractivity contribution in [3.05, 3.63) is 41.7 Å². The van der Waals surface area contributed by atoms with Crippen LogP contribution in [-0.4, -0.2) is 32.1 Å². The fourth-order valence-corrected chi connectivity index (χ4v) is 2.74. The SMILES string of the molecule is CCCCCn1cc(CN2c3ccccc3C(=O)C2O)nn1. The molecule has 0 amide bonds. The quantitative estimate of drug-likeness (QED) is 0.826. The first-order valence-electron chi connectivity index (χ1n) is 7.67. The monoisotopic (exact) mass is 300 g/mol. The molecule has 22 heavy (non-hydrogen) atoms. The largest absolute Gasteiger partial charge is 0.367 e. The summed E-state index contributed by atoms with van der Waals surface area (Å²) < 4.78 is 1.82. The maximum atomic E-state index is 12.0. The molecular formula is C16H20N4O2. The number of benzene rings is 1. The Labute approximate surface area is 129 Å². The second-order valence-corrected chi connectivity index (χ2v) is 5.56. The Bertz CT molecular complexity index is 668. The maximum absolute atomic E-state index is 12.0. The van der Waals surface area contributed by atoms with Crippen LogP contribution >= 0.6 is 0 Å². The number of hydrogen-bond acceptors (Lipinski definition) is 5. The summed E-state index contributed by atoms with van der Waals surface area (Å²) in [5, 5.41) is 18.4. The first-order chi connectivity index (χ1) is 10.7. The van der Waals surface area contributed by atoms with E-state index >= 15 is 0 Å². The number of aliphatic hydroxyl groups excluding tert-OH is 1. The number of rotatable bonds is 6. The molecule has 0 bridgehead atoms. The van der Waals surface area contributed by atoms with E-state index < -0.39 is 6.23 Å². The van der Waals surface area contributed by atoms with Crippen LogP contribution in [0, 0.1) is 0 Å². The molecular weight excluding hydrogens is 280 g/mol. The molecule has 6 heteroatoms. The number of Topliss-reactive ketones (excluding diaryl/α,β-unsaturated/α-hetero) is 1. The summed E-state index contributed by atoms with van der Waals surface area (Å²) in [6, 6.07) is 7.24. The van der Waals surface area contributed by atoms with Gasteiger partial charge in [0.25, 0.3) is 0 Å². The maximum Gasteiger partial charge on any atom is 0.214 e. The van der Waals surface area contributed by atoms with E-state index in [1.165, 1.54) is 12.8 Å². The van der Waals surface area contributed by atoms with E-state index in [2.05, 4.69) is 17.2 Å². The third kappa shape index (κ3) is 2.74. The van der Waals surface area contributed by atoms with E-state index in [0.717, 1.165) is 24.3 Å². The number of nitrogens with zero attached hydrogens (tertiary/aromatic N) is 4. The topological polar surface area (TPSA) is 71.2 Å². The van der Waals surface area contributed by atoms with Crippen molar-refractivity contribution < 1.29 is 9.90 Å². The van der Waals surface area contributed by atoms with Gasteiger partial charge in [-0.2, -0.15) is 0 Å². The minimum absolute atomic E-state index is 0.258. The predicted octanol–water partition coefficient (Wildman–Crippen LogP) is 1.99. The van der Waals surface area contributed by atoms with Gasteiger partial charge in [0.1, 0.15) is 5.69 Å². The van der Waals surface area contributed by atoms with E-state index in [0.29, 0.717) is 12.1 Å². The average Bonchev–Trinajstić information content (AvgIpc) is 3.07. The molecule has 1 aliphatic rings. The molecule has 1 atom stereocenters. The number of unbranched alkanes of at least 4 members (excludes halogenated alkanes) is 2. The zero-order chi connectivity index (χ0) is 15.5. The highest BCUT2D eigenvalue weighted by Crippen LogP contribution is 2.31. The second kappa shape index (κ2) is 6.27. The highest BCUT2D eigenvalue weighted by molar-refractivity contribution is 6.09. The zero-order valence-corrected chi connectivity index (χ0v) is 12.6. The molecule has 116 valence electrons. The van der Waals surface area contributed by atoms with E-state index in [9.17, 15) is 9.90 Å². The van der Waals surface area contributed by atoms with E-state index in [1.807, 2.05) is 23.0 Å². The molecule has 1 aliphatic heterocycles. The number of carbonyl (C=O) groups excluding carboxylic acids is 1. The van der Waals surface area contributed by atoms with Crippen molar-refractivity contribution in [2.45, 2.75) is 45.5 Å². The van der Waals surface area contributed by atoms with Crippen LogP contribution in [0.5, 0.6) is 0 Å².